The van der Waals surface area contributed by atoms with Crippen molar-refractivity contribution in [1.29, 1.82) is 0 Å². The van der Waals surface area contributed by atoms with E-state index in [0.29, 0.717) is 30.1 Å². The molecule has 0 aromatic heterocycles. The Hall–Kier alpha value is -1.09. The second kappa shape index (κ2) is 4.47. The van der Waals surface area contributed by atoms with Crippen LogP contribution in [0.4, 0.5) is 0 Å². The summed E-state index contributed by atoms with van der Waals surface area (Å²) in [6.07, 6.45) is 10.9. The van der Waals surface area contributed by atoms with Crippen molar-refractivity contribution in [3.8, 4) is 0 Å². The molecule has 3 N–H and O–H groups in total. The Morgan fingerprint density at radius 1 is 1.23 bits per heavy atom. The molecule has 120 valence electrons. The van der Waals surface area contributed by atoms with E-state index in [9.17, 15) is 9.90 Å². The van der Waals surface area contributed by atoms with E-state index in [4.69, 9.17) is 5.73 Å². The van der Waals surface area contributed by atoms with Crippen molar-refractivity contribution in [2.75, 3.05) is 0 Å². The average molecular weight is 301 g/mol. The molecule has 0 bridgehead atoms. The largest absolute Gasteiger partial charge is 0.399 e. The Bertz CT molecular complexity index is 580. The minimum atomic E-state index is -0.735. The van der Waals surface area contributed by atoms with Gasteiger partial charge in [0.05, 0.1) is 0 Å². The molecule has 3 fully saturated rings. The predicted octanol–water partition coefficient (Wildman–Crippen LogP) is 2.80. The van der Waals surface area contributed by atoms with Crippen molar-refractivity contribution in [3.05, 3.63) is 23.9 Å². The smallest absolute Gasteiger partial charge is 0.162 e. The van der Waals surface area contributed by atoms with E-state index < -0.39 is 6.10 Å². The molecule has 4 aliphatic rings. The number of rotatable bonds is 0. The molecule has 2 unspecified atom stereocenters. The SMILES string of the molecule is C[C@]12C=CC(N)=CC1CC[C@@H]1[C@@H]2CC[C@]2(C)C(O)C(=O)C[C@@H]12. The summed E-state index contributed by atoms with van der Waals surface area (Å²) >= 11 is 0. The van der Waals surface area contributed by atoms with E-state index in [2.05, 4.69) is 32.1 Å². The topological polar surface area (TPSA) is 63.3 Å². The van der Waals surface area contributed by atoms with Gasteiger partial charge in [0.1, 0.15) is 6.10 Å². The van der Waals surface area contributed by atoms with Gasteiger partial charge in [-0.05, 0) is 60.8 Å². The highest BCUT2D eigenvalue weighted by Crippen LogP contribution is 2.64. The Kier molecular flexibility index (Phi) is 2.95. The van der Waals surface area contributed by atoms with Gasteiger partial charge in [-0.15, -0.1) is 0 Å². The zero-order valence-corrected chi connectivity index (χ0v) is 13.6. The van der Waals surface area contributed by atoms with Gasteiger partial charge in [0.2, 0.25) is 0 Å². The normalized spacial score (nSPS) is 53.5. The lowest BCUT2D eigenvalue weighted by molar-refractivity contribution is -0.129. The molecule has 3 saturated carbocycles. The van der Waals surface area contributed by atoms with Gasteiger partial charge < -0.3 is 10.8 Å². The van der Waals surface area contributed by atoms with Gasteiger partial charge in [-0.2, -0.15) is 0 Å². The maximum absolute atomic E-state index is 12.1. The molecule has 0 heterocycles. The quantitative estimate of drug-likeness (QED) is 0.723. The van der Waals surface area contributed by atoms with Crippen LogP contribution in [0.15, 0.2) is 23.9 Å². The lowest BCUT2D eigenvalue weighted by Crippen LogP contribution is -2.52. The summed E-state index contributed by atoms with van der Waals surface area (Å²) in [5.41, 5.74) is 6.89. The standard InChI is InChI=1S/C19H27NO2/c1-18-7-5-12(20)9-11(18)3-4-13-14(18)6-8-19(2)15(13)10-16(21)17(19)22/h5,7,9,11,13-15,17,22H,3-4,6,8,10,20H2,1-2H3/t11?,13-,14+,15+,17?,18+,19+/m1/s1. The third kappa shape index (κ3) is 1.69. The summed E-state index contributed by atoms with van der Waals surface area (Å²) in [6, 6.07) is 0. The first-order chi connectivity index (χ1) is 10.4. The van der Waals surface area contributed by atoms with Crippen molar-refractivity contribution in [3.63, 3.8) is 0 Å². The predicted molar refractivity (Wildman–Crippen MR) is 85.7 cm³/mol. The van der Waals surface area contributed by atoms with Crippen LogP contribution >= 0.6 is 0 Å². The number of ketones is 1. The van der Waals surface area contributed by atoms with E-state index in [1.807, 2.05) is 0 Å². The summed E-state index contributed by atoms with van der Waals surface area (Å²) in [5.74, 6) is 2.15. The molecule has 0 aromatic carbocycles. The van der Waals surface area contributed by atoms with Crippen molar-refractivity contribution in [2.45, 2.75) is 52.1 Å². The molecule has 0 radical (unpaired) electrons. The number of hydrogen-bond donors (Lipinski definition) is 2. The summed E-state index contributed by atoms with van der Waals surface area (Å²) < 4.78 is 0. The van der Waals surface area contributed by atoms with Gasteiger partial charge >= 0.3 is 0 Å². The monoisotopic (exact) mass is 301 g/mol. The summed E-state index contributed by atoms with van der Waals surface area (Å²) in [6.45, 7) is 4.52. The van der Waals surface area contributed by atoms with Crippen LogP contribution in [0.5, 0.6) is 0 Å². The maximum Gasteiger partial charge on any atom is 0.162 e. The van der Waals surface area contributed by atoms with Gasteiger partial charge in [-0.25, -0.2) is 0 Å². The molecule has 3 nitrogen and oxygen atoms in total. The van der Waals surface area contributed by atoms with Gasteiger partial charge in [-0.3, -0.25) is 4.79 Å². The van der Waals surface area contributed by atoms with Gasteiger partial charge in [-0.1, -0.05) is 26.0 Å². The van der Waals surface area contributed by atoms with Crippen LogP contribution < -0.4 is 5.73 Å². The average Bonchev–Trinajstić information content (AvgIpc) is 2.72. The maximum atomic E-state index is 12.1. The Morgan fingerprint density at radius 2 is 2.00 bits per heavy atom. The van der Waals surface area contributed by atoms with Crippen LogP contribution in [-0.2, 0) is 4.79 Å². The lowest BCUT2D eigenvalue weighted by atomic mass is 9.47. The van der Waals surface area contributed by atoms with Crippen molar-refractivity contribution < 1.29 is 9.90 Å². The van der Waals surface area contributed by atoms with Crippen LogP contribution in [0, 0.1) is 34.5 Å². The van der Waals surface area contributed by atoms with Crippen LogP contribution in [0.2, 0.25) is 0 Å². The number of carbonyl (C=O) groups is 1. The molecule has 0 amide bonds. The van der Waals surface area contributed by atoms with Gasteiger partial charge in [0, 0.05) is 17.5 Å². The fourth-order valence-electron chi connectivity index (χ4n) is 6.26. The number of aliphatic hydroxyl groups is 1. The minimum absolute atomic E-state index is 0.0729. The second-order valence-corrected chi connectivity index (χ2v) is 8.54. The number of Topliss-reactive ketones (excluding diaryl/α,β-unsaturated/α-hetero) is 1. The Morgan fingerprint density at radius 3 is 2.77 bits per heavy atom. The Labute approximate surface area is 132 Å². The highest BCUT2D eigenvalue weighted by Gasteiger charge is 2.61. The molecule has 0 aromatic rings. The number of fused-ring (bicyclic) bond motifs is 5. The van der Waals surface area contributed by atoms with Gasteiger partial charge in [0.15, 0.2) is 5.78 Å². The number of aliphatic hydroxyl groups excluding tert-OH is 1. The van der Waals surface area contributed by atoms with Gasteiger partial charge in [0.25, 0.3) is 0 Å². The lowest BCUT2D eigenvalue weighted by Gasteiger charge is -2.57. The second-order valence-electron chi connectivity index (χ2n) is 8.54. The molecule has 0 aliphatic heterocycles. The van der Waals surface area contributed by atoms with E-state index in [0.717, 1.165) is 25.0 Å². The fourth-order valence-corrected chi connectivity index (χ4v) is 6.26. The summed E-state index contributed by atoms with van der Waals surface area (Å²) in [4.78, 5) is 12.1. The van der Waals surface area contributed by atoms with Crippen molar-refractivity contribution in [1.82, 2.24) is 0 Å². The third-order valence-corrected chi connectivity index (χ3v) is 7.66. The fraction of sp³-hybridized carbons (Fsp3) is 0.737. The first kappa shape index (κ1) is 14.5. The van der Waals surface area contributed by atoms with E-state index in [1.165, 1.54) is 6.42 Å². The van der Waals surface area contributed by atoms with Crippen LogP contribution in [0.3, 0.4) is 0 Å². The molecule has 3 heteroatoms. The number of nitrogens with two attached hydrogens (primary N) is 1. The molecule has 7 atom stereocenters. The summed E-state index contributed by atoms with van der Waals surface area (Å²) in [5, 5.41) is 10.4. The van der Waals surface area contributed by atoms with Crippen molar-refractivity contribution in [2.24, 2.45) is 40.2 Å². The third-order valence-electron chi connectivity index (χ3n) is 7.66. The molecule has 0 saturated heterocycles. The highest BCUT2D eigenvalue weighted by molar-refractivity contribution is 5.86. The number of carbonyl (C=O) groups excluding carboxylic acids is 1. The highest BCUT2D eigenvalue weighted by atomic mass is 16.3. The molecule has 4 aliphatic carbocycles. The molecule has 22 heavy (non-hydrogen) atoms. The number of hydrogen-bond acceptors (Lipinski definition) is 3. The van der Waals surface area contributed by atoms with E-state index >= 15 is 0 Å². The Balaban J connectivity index is 1.69. The van der Waals surface area contributed by atoms with E-state index in [1.54, 1.807) is 0 Å². The number of allylic oxidation sites excluding steroid dienone is 3. The molecule has 4 rings (SSSR count). The zero-order chi connectivity index (χ0) is 15.7. The first-order valence-corrected chi connectivity index (χ1v) is 8.73. The molecule has 0 spiro atoms. The van der Waals surface area contributed by atoms with Crippen molar-refractivity contribution >= 4 is 5.78 Å². The van der Waals surface area contributed by atoms with Crippen LogP contribution in [-0.4, -0.2) is 17.0 Å². The molecular weight excluding hydrogens is 274 g/mol. The first-order valence-electron chi connectivity index (χ1n) is 8.73. The summed E-state index contributed by atoms with van der Waals surface area (Å²) in [7, 11) is 0. The van der Waals surface area contributed by atoms with Crippen LogP contribution in [0.25, 0.3) is 0 Å². The van der Waals surface area contributed by atoms with Crippen LogP contribution in [0.1, 0.15) is 46.0 Å². The van der Waals surface area contributed by atoms with E-state index in [-0.39, 0.29) is 16.6 Å². The zero-order valence-electron chi connectivity index (χ0n) is 13.6. The molecular formula is C19H27NO2. The minimum Gasteiger partial charge on any atom is -0.399 e.